The molecule has 0 heterocycles. The SMILES string of the molecule is CC[C@H](N)c1ccccc1OCCCc1ccccc1. The average Bonchev–Trinajstić information content (AvgIpc) is 2.52. The highest BCUT2D eigenvalue weighted by atomic mass is 16.5. The van der Waals surface area contributed by atoms with E-state index in [-0.39, 0.29) is 6.04 Å². The molecule has 2 heteroatoms. The number of aryl methyl sites for hydroxylation is 1. The number of ether oxygens (including phenoxy) is 1. The van der Waals surface area contributed by atoms with Crippen molar-refractivity contribution in [2.45, 2.75) is 32.2 Å². The summed E-state index contributed by atoms with van der Waals surface area (Å²) in [6.07, 6.45) is 2.98. The maximum atomic E-state index is 6.11. The van der Waals surface area contributed by atoms with E-state index in [0.29, 0.717) is 0 Å². The minimum Gasteiger partial charge on any atom is -0.493 e. The van der Waals surface area contributed by atoms with Crippen molar-refractivity contribution >= 4 is 0 Å². The monoisotopic (exact) mass is 269 g/mol. The maximum absolute atomic E-state index is 6.11. The molecule has 0 spiro atoms. The summed E-state index contributed by atoms with van der Waals surface area (Å²) in [4.78, 5) is 0. The first-order chi connectivity index (χ1) is 9.81. The van der Waals surface area contributed by atoms with Gasteiger partial charge in [0.1, 0.15) is 5.75 Å². The summed E-state index contributed by atoms with van der Waals surface area (Å²) in [6.45, 7) is 2.82. The fourth-order valence-electron chi connectivity index (χ4n) is 2.24. The van der Waals surface area contributed by atoms with Gasteiger partial charge in [-0.05, 0) is 30.9 Å². The number of nitrogens with two attached hydrogens (primary N) is 1. The van der Waals surface area contributed by atoms with E-state index in [4.69, 9.17) is 10.5 Å². The Kier molecular flexibility index (Phi) is 5.63. The predicted molar refractivity (Wildman–Crippen MR) is 83.9 cm³/mol. The minimum absolute atomic E-state index is 0.0559. The lowest BCUT2D eigenvalue weighted by Crippen LogP contribution is -2.11. The third-order valence-electron chi connectivity index (χ3n) is 3.47. The second kappa shape index (κ2) is 7.71. The predicted octanol–water partition coefficient (Wildman–Crippen LogP) is 4.11. The lowest BCUT2D eigenvalue weighted by atomic mass is 10.0. The van der Waals surface area contributed by atoms with E-state index in [1.54, 1.807) is 0 Å². The van der Waals surface area contributed by atoms with Gasteiger partial charge in [0.15, 0.2) is 0 Å². The molecule has 0 aliphatic heterocycles. The molecule has 2 nitrogen and oxygen atoms in total. The highest BCUT2D eigenvalue weighted by Crippen LogP contribution is 2.25. The molecule has 0 aliphatic rings. The van der Waals surface area contributed by atoms with Crippen molar-refractivity contribution in [1.82, 2.24) is 0 Å². The molecule has 2 aromatic carbocycles. The first kappa shape index (κ1) is 14.6. The summed E-state index contributed by atoms with van der Waals surface area (Å²) in [5.41, 5.74) is 8.57. The van der Waals surface area contributed by atoms with Gasteiger partial charge >= 0.3 is 0 Å². The molecule has 1 atom stereocenters. The molecule has 0 amide bonds. The molecule has 0 radical (unpaired) electrons. The van der Waals surface area contributed by atoms with Gasteiger partial charge in [-0.15, -0.1) is 0 Å². The average molecular weight is 269 g/mol. The third kappa shape index (κ3) is 4.10. The van der Waals surface area contributed by atoms with Gasteiger partial charge in [0.25, 0.3) is 0 Å². The molecule has 2 aromatic rings. The van der Waals surface area contributed by atoms with Crippen molar-refractivity contribution in [3.05, 3.63) is 65.7 Å². The van der Waals surface area contributed by atoms with E-state index in [2.05, 4.69) is 37.3 Å². The molecule has 20 heavy (non-hydrogen) atoms. The zero-order valence-electron chi connectivity index (χ0n) is 12.1. The van der Waals surface area contributed by atoms with Crippen LogP contribution in [0.2, 0.25) is 0 Å². The second-order valence-corrected chi connectivity index (χ2v) is 4.99. The first-order valence-corrected chi connectivity index (χ1v) is 7.32. The quantitative estimate of drug-likeness (QED) is 0.768. The second-order valence-electron chi connectivity index (χ2n) is 4.99. The van der Waals surface area contributed by atoms with Crippen LogP contribution in [-0.4, -0.2) is 6.61 Å². The molecule has 2 N–H and O–H groups in total. The molecule has 0 aromatic heterocycles. The fraction of sp³-hybridized carbons (Fsp3) is 0.333. The van der Waals surface area contributed by atoms with Crippen molar-refractivity contribution in [2.75, 3.05) is 6.61 Å². The van der Waals surface area contributed by atoms with Crippen LogP contribution in [0.25, 0.3) is 0 Å². The van der Waals surface area contributed by atoms with Crippen LogP contribution >= 0.6 is 0 Å². The van der Waals surface area contributed by atoms with E-state index < -0.39 is 0 Å². The van der Waals surface area contributed by atoms with Crippen LogP contribution in [0.4, 0.5) is 0 Å². The van der Waals surface area contributed by atoms with Crippen molar-refractivity contribution in [3.8, 4) is 5.75 Å². The number of benzene rings is 2. The summed E-state index contributed by atoms with van der Waals surface area (Å²) in [5.74, 6) is 0.926. The van der Waals surface area contributed by atoms with Crippen LogP contribution in [0, 0.1) is 0 Å². The number of hydrogen-bond donors (Lipinski definition) is 1. The normalized spacial score (nSPS) is 12.1. The third-order valence-corrected chi connectivity index (χ3v) is 3.47. The summed E-state index contributed by atoms with van der Waals surface area (Å²) in [6, 6.07) is 18.6. The van der Waals surface area contributed by atoms with Crippen LogP contribution in [-0.2, 0) is 6.42 Å². The molecule has 0 saturated carbocycles. The summed E-state index contributed by atoms with van der Waals surface area (Å²) in [5, 5.41) is 0. The zero-order valence-corrected chi connectivity index (χ0v) is 12.1. The highest BCUT2D eigenvalue weighted by Gasteiger charge is 2.09. The van der Waals surface area contributed by atoms with E-state index >= 15 is 0 Å². The Hall–Kier alpha value is -1.80. The van der Waals surface area contributed by atoms with Crippen molar-refractivity contribution in [3.63, 3.8) is 0 Å². The van der Waals surface area contributed by atoms with Gasteiger partial charge in [-0.3, -0.25) is 0 Å². The largest absolute Gasteiger partial charge is 0.493 e. The topological polar surface area (TPSA) is 35.2 Å². The molecule has 2 rings (SSSR count). The van der Waals surface area contributed by atoms with Gasteiger partial charge < -0.3 is 10.5 Å². The molecule has 0 aliphatic carbocycles. The van der Waals surface area contributed by atoms with Crippen LogP contribution in [0.15, 0.2) is 54.6 Å². The molecule has 0 unspecified atom stereocenters. The van der Waals surface area contributed by atoms with Gasteiger partial charge in [0, 0.05) is 11.6 Å². The Morgan fingerprint density at radius 2 is 1.70 bits per heavy atom. The Labute approximate surface area is 121 Å². The van der Waals surface area contributed by atoms with Gasteiger partial charge in [0.2, 0.25) is 0 Å². The first-order valence-electron chi connectivity index (χ1n) is 7.32. The molecule has 0 bridgehead atoms. The van der Waals surface area contributed by atoms with E-state index in [1.165, 1.54) is 5.56 Å². The fourth-order valence-corrected chi connectivity index (χ4v) is 2.24. The van der Waals surface area contributed by atoms with Crippen LogP contribution < -0.4 is 10.5 Å². The summed E-state index contributed by atoms with van der Waals surface area (Å²) >= 11 is 0. The summed E-state index contributed by atoms with van der Waals surface area (Å²) < 4.78 is 5.90. The Bertz CT molecular complexity index is 510. The minimum atomic E-state index is 0.0559. The Morgan fingerprint density at radius 1 is 1.00 bits per heavy atom. The zero-order chi connectivity index (χ0) is 14.2. The maximum Gasteiger partial charge on any atom is 0.124 e. The highest BCUT2D eigenvalue weighted by molar-refractivity contribution is 5.35. The molecule has 0 saturated heterocycles. The molecular weight excluding hydrogens is 246 g/mol. The number of rotatable bonds is 7. The van der Waals surface area contributed by atoms with Gasteiger partial charge in [-0.2, -0.15) is 0 Å². The lowest BCUT2D eigenvalue weighted by molar-refractivity contribution is 0.306. The molecule has 0 fully saturated rings. The van der Waals surface area contributed by atoms with E-state index in [0.717, 1.165) is 37.2 Å². The Balaban J connectivity index is 1.85. The molecular formula is C18H23NO. The number of hydrogen-bond acceptors (Lipinski definition) is 2. The smallest absolute Gasteiger partial charge is 0.124 e. The van der Waals surface area contributed by atoms with Crippen LogP contribution in [0.3, 0.4) is 0 Å². The standard InChI is InChI=1S/C18H23NO/c1-2-17(19)16-12-6-7-13-18(16)20-14-8-11-15-9-4-3-5-10-15/h3-7,9-10,12-13,17H,2,8,11,14,19H2,1H3/t17-/m0/s1. The summed E-state index contributed by atoms with van der Waals surface area (Å²) in [7, 11) is 0. The van der Waals surface area contributed by atoms with E-state index in [9.17, 15) is 0 Å². The van der Waals surface area contributed by atoms with Gasteiger partial charge in [0.05, 0.1) is 6.61 Å². The van der Waals surface area contributed by atoms with E-state index in [1.807, 2.05) is 24.3 Å². The Morgan fingerprint density at radius 3 is 2.45 bits per heavy atom. The van der Waals surface area contributed by atoms with Crippen molar-refractivity contribution < 1.29 is 4.74 Å². The van der Waals surface area contributed by atoms with Crippen molar-refractivity contribution in [1.29, 1.82) is 0 Å². The van der Waals surface area contributed by atoms with Crippen molar-refractivity contribution in [2.24, 2.45) is 5.73 Å². The van der Waals surface area contributed by atoms with Crippen LogP contribution in [0.1, 0.15) is 36.9 Å². The molecule has 106 valence electrons. The van der Waals surface area contributed by atoms with Crippen LogP contribution in [0.5, 0.6) is 5.75 Å². The van der Waals surface area contributed by atoms with Gasteiger partial charge in [-0.25, -0.2) is 0 Å². The van der Waals surface area contributed by atoms with Gasteiger partial charge in [-0.1, -0.05) is 55.5 Å². The lowest BCUT2D eigenvalue weighted by Gasteiger charge is -2.15. The number of para-hydroxylation sites is 1.